The molecule has 0 aliphatic carbocycles. The Balaban J connectivity index is 1.87. The van der Waals surface area contributed by atoms with Gasteiger partial charge in [0.15, 0.2) is 0 Å². The molecule has 0 fully saturated rings. The fourth-order valence-corrected chi connectivity index (χ4v) is 2.88. The van der Waals surface area contributed by atoms with Gasteiger partial charge < -0.3 is 10.6 Å². The molecule has 0 aromatic heterocycles. The standard InChI is InChI=1S/C23H28N2O2/c1-22(2,18-12-7-5-8-13-18)24-20(26)16-11-17-21(27)25-23(3,4)19-14-9-6-10-15-19/h5-16H,17H2,1-4H3,(H,24,26)(H,25,27)/b16-11+. The zero-order chi connectivity index (χ0) is 19.9. The van der Waals surface area contributed by atoms with E-state index in [4.69, 9.17) is 0 Å². The SMILES string of the molecule is CC(C)(NC(=O)/C=C/CC(=O)NC(C)(C)c1ccccc1)c1ccccc1. The lowest BCUT2D eigenvalue weighted by molar-refractivity contribution is -0.121. The van der Waals surface area contributed by atoms with Crippen LogP contribution in [0.3, 0.4) is 0 Å². The van der Waals surface area contributed by atoms with E-state index in [1.165, 1.54) is 6.08 Å². The summed E-state index contributed by atoms with van der Waals surface area (Å²) < 4.78 is 0. The summed E-state index contributed by atoms with van der Waals surface area (Å²) in [4.78, 5) is 24.4. The first-order valence-corrected chi connectivity index (χ1v) is 9.11. The van der Waals surface area contributed by atoms with Gasteiger partial charge in [-0.3, -0.25) is 9.59 Å². The largest absolute Gasteiger partial charge is 0.347 e. The minimum atomic E-state index is -0.486. The highest BCUT2D eigenvalue weighted by Gasteiger charge is 2.23. The van der Waals surface area contributed by atoms with Crippen LogP contribution in [0.4, 0.5) is 0 Å². The molecule has 2 aromatic rings. The summed E-state index contributed by atoms with van der Waals surface area (Å²) in [5, 5.41) is 5.96. The van der Waals surface area contributed by atoms with Crippen LogP contribution in [0.2, 0.25) is 0 Å². The van der Waals surface area contributed by atoms with Crippen molar-refractivity contribution in [2.45, 2.75) is 45.2 Å². The maximum Gasteiger partial charge on any atom is 0.244 e. The highest BCUT2D eigenvalue weighted by atomic mass is 16.2. The molecule has 2 rings (SSSR count). The Hall–Kier alpha value is -2.88. The van der Waals surface area contributed by atoms with Gasteiger partial charge in [-0.1, -0.05) is 66.7 Å². The molecule has 0 atom stereocenters. The van der Waals surface area contributed by atoms with Crippen LogP contribution in [0.1, 0.15) is 45.2 Å². The average Bonchev–Trinajstić information content (AvgIpc) is 2.62. The summed E-state index contributed by atoms with van der Waals surface area (Å²) >= 11 is 0. The molecule has 2 N–H and O–H groups in total. The third-order valence-corrected chi connectivity index (χ3v) is 4.45. The summed E-state index contributed by atoms with van der Waals surface area (Å²) in [6.07, 6.45) is 3.15. The quantitative estimate of drug-likeness (QED) is 0.729. The third-order valence-electron chi connectivity index (χ3n) is 4.45. The zero-order valence-corrected chi connectivity index (χ0v) is 16.5. The molecule has 27 heavy (non-hydrogen) atoms. The molecule has 0 radical (unpaired) electrons. The number of carbonyl (C=O) groups excluding carboxylic acids is 2. The summed E-state index contributed by atoms with van der Waals surface area (Å²) in [7, 11) is 0. The van der Waals surface area contributed by atoms with Gasteiger partial charge >= 0.3 is 0 Å². The van der Waals surface area contributed by atoms with E-state index >= 15 is 0 Å². The number of rotatable bonds is 7. The Morgan fingerprint density at radius 3 is 1.70 bits per heavy atom. The molecule has 0 heterocycles. The molecule has 0 unspecified atom stereocenters. The van der Waals surface area contributed by atoms with Crippen LogP contribution in [-0.4, -0.2) is 11.8 Å². The van der Waals surface area contributed by atoms with E-state index in [0.717, 1.165) is 11.1 Å². The molecule has 0 spiro atoms. The molecular weight excluding hydrogens is 336 g/mol. The Bertz CT molecular complexity index is 794. The number of nitrogens with one attached hydrogen (secondary N) is 2. The van der Waals surface area contributed by atoms with Crippen molar-refractivity contribution in [2.75, 3.05) is 0 Å². The average molecular weight is 364 g/mol. The van der Waals surface area contributed by atoms with E-state index in [0.29, 0.717) is 0 Å². The van der Waals surface area contributed by atoms with Crippen molar-refractivity contribution in [1.29, 1.82) is 0 Å². The molecule has 0 saturated heterocycles. The fraction of sp³-hybridized carbons (Fsp3) is 0.304. The Kier molecular flexibility index (Phi) is 6.56. The van der Waals surface area contributed by atoms with E-state index in [2.05, 4.69) is 10.6 Å². The van der Waals surface area contributed by atoms with Gasteiger partial charge in [0.1, 0.15) is 0 Å². The van der Waals surface area contributed by atoms with E-state index in [1.807, 2.05) is 88.4 Å². The van der Waals surface area contributed by atoms with Gasteiger partial charge in [0.05, 0.1) is 11.1 Å². The molecule has 142 valence electrons. The predicted molar refractivity (Wildman–Crippen MR) is 109 cm³/mol. The summed E-state index contributed by atoms with van der Waals surface area (Å²) in [5.74, 6) is -0.353. The van der Waals surface area contributed by atoms with Gasteiger partial charge in [-0.05, 0) is 44.9 Å². The second-order valence-electron chi connectivity index (χ2n) is 7.63. The Morgan fingerprint density at radius 1 is 0.778 bits per heavy atom. The zero-order valence-electron chi connectivity index (χ0n) is 16.5. The van der Waals surface area contributed by atoms with Gasteiger partial charge in [-0.15, -0.1) is 0 Å². The van der Waals surface area contributed by atoms with Crippen LogP contribution >= 0.6 is 0 Å². The van der Waals surface area contributed by atoms with Crippen LogP contribution in [0.15, 0.2) is 72.8 Å². The molecule has 4 heteroatoms. The van der Waals surface area contributed by atoms with Gasteiger partial charge in [0.25, 0.3) is 0 Å². The minimum absolute atomic E-state index is 0.129. The Labute approximate surface area is 161 Å². The monoisotopic (exact) mass is 364 g/mol. The molecule has 4 nitrogen and oxygen atoms in total. The van der Waals surface area contributed by atoms with Crippen molar-refractivity contribution in [3.63, 3.8) is 0 Å². The van der Waals surface area contributed by atoms with Crippen LogP contribution in [0, 0.1) is 0 Å². The highest BCUT2D eigenvalue weighted by Crippen LogP contribution is 2.20. The first kappa shape index (κ1) is 20.4. The van der Waals surface area contributed by atoms with Crippen LogP contribution < -0.4 is 10.6 Å². The summed E-state index contributed by atoms with van der Waals surface area (Å²) in [6.45, 7) is 7.81. The van der Waals surface area contributed by atoms with Gasteiger partial charge in [0.2, 0.25) is 11.8 Å². The number of benzene rings is 2. The number of carbonyl (C=O) groups is 2. The lowest BCUT2D eigenvalue weighted by Gasteiger charge is -2.27. The second-order valence-corrected chi connectivity index (χ2v) is 7.63. The normalized spacial score (nSPS) is 12.0. The van der Waals surface area contributed by atoms with Crippen molar-refractivity contribution in [2.24, 2.45) is 0 Å². The maximum atomic E-state index is 12.2. The second kappa shape index (κ2) is 8.67. The molecule has 0 aliphatic rings. The first-order chi connectivity index (χ1) is 12.7. The van der Waals surface area contributed by atoms with Crippen LogP contribution in [-0.2, 0) is 20.7 Å². The smallest absolute Gasteiger partial charge is 0.244 e. The van der Waals surface area contributed by atoms with Crippen LogP contribution in [0.5, 0.6) is 0 Å². The molecule has 0 bridgehead atoms. The van der Waals surface area contributed by atoms with Gasteiger partial charge in [-0.2, -0.15) is 0 Å². The predicted octanol–water partition coefficient (Wildman–Crippen LogP) is 4.04. The van der Waals surface area contributed by atoms with E-state index in [1.54, 1.807) is 6.08 Å². The maximum absolute atomic E-state index is 12.2. The molecule has 2 amide bonds. The van der Waals surface area contributed by atoms with E-state index in [9.17, 15) is 9.59 Å². The summed E-state index contributed by atoms with van der Waals surface area (Å²) in [5.41, 5.74) is 1.10. The number of hydrogen-bond donors (Lipinski definition) is 2. The Morgan fingerprint density at radius 2 is 1.22 bits per heavy atom. The lowest BCUT2D eigenvalue weighted by atomic mass is 9.94. The number of hydrogen-bond acceptors (Lipinski definition) is 2. The number of amides is 2. The van der Waals surface area contributed by atoms with Crippen LogP contribution in [0.25, 0.3) is 0 Å². The van der Waals surface area contributed by atoms with Gasteiger partial charge in [0, 0.05) is 6.42 Å². The molecular formula is C23H28N2O2. The van der Waals surface area contributed by atoms with Gasteiger partial charge in [-0.25, -0.2) is 0 Å². The topological polar surface area (TPSA) is 58.2 Å². The molecule has 2 aromatic carbocycles. The van der Waals surface area contributed by atoms with Crippen molar-refractivity contribution in [1.82, 2.24) is 10.6 Å². The van der Waals surface area contributed by atoms with Crippen molar-refractivity contribution >= 4 is 11.8 Å². The van der Waals surface area contributed by atoms with Crippen molar-refractivity contribution in [3.05, 3.63) is 83.9 Å². The summed E-state index contributed by atoms with van der Waals surface area (Å²) in [6, 6.07) is 19.6. The van der Waals surface area contributed by atoms with E-state index < -0.39 is 11.1 Å². The van der Waals surface area contributed by atoms with Crippen molar-refractivity contribution < 1.29 is 9.59 Å². The van der Waals surface area contributed by atoms with E-state index in [-0.39, 0.29) is 18.2 Å². The third kappa shape index (κ3) is 6.10. The highest BCUT2D eigenvalue weighted by molar-refractivity contribution is 5.89. The van der Waals surface area contributed by atoms with Crippen molar-refractivity contribution in [3.8, 4) is 0 Å². The molecule has 0 aliphatic heterocycles. The molecule has 0 saturated carbocycles. The first-order valence-electron chi connectivity index (χ1n) is 9.11. The minimum Gasteiger partial charge on any atom is -0.347 e. The lowest BCUT2D eigenvalue weighted by Crippen LogP contribution is -2.41. The fourth-order valence-electron chi connectivity index (χ4n) is 2.88.